The van der Waals surface area contributed by atoms with E-state index in [1.807, 2.05) is 0 Å². The van der Waals surface area contributed by atoms with Gasteiger partial charge in [-0.3, -0.25) is 0 Å². The minimum atomic E-state index is -3.82. The van der Waals surface area contributed by atoms with Crippen molar-refractivity contribution in [3.8, 4) is 0 Å². The molecule has 0 saturated carbocycles. The smallest absolute Gasteiger partial charge is 0.240 e. The van der Waals surface area contributed by atoms with Crippen LogP contribution in [0.1, 0.15) is 0 Å². The predicted molar refractivity (Wildman–Crippen MR) is 74.7 cm³/mol. The van der Waals surface area contributed by atoms with Gasteiger partial charge in [0.25, 0.3) is 0 Å². The number of hydrogen-bond donors (Lipinski definition) is 3. The number of aliphatic hydroxyl groups excluding tert-OH is 1. The molecule has 0 aromatic heterocycles. The first-order valence-corrected chi connectivity index (χ1v) is 7.76. The zero-order valence-corrected chi connectivity index (χ0v) is 12.2. The van der Waals surface area contributed by atoms with E-state index in [-0.39, 0.29) is 43.6 Å². The second-order valence-corrected chi connectivity index (χ2v) is 5.83. The molecule has 0 saturated heterocycles. The molecule has 0 fully saturated rings. The summed E-state index contributed by atoms with van der Waals surface area (Å²) in [7, 11) is -3.82. The van der Waals surface area contributed by atoms with Gasteiger partial charge in [0.1, 0.15) is 5.82 Å². The Morgan fingerprint density at radius 1 is 1.14 bits per heavy atom. The van der Waals surface area contributed by atoms with Crippen LogP contribution in [0.5, 0.6) is 0 Å². The van der Waals surface area contributed by atoms with Crippen LogP contribution >= 0.6 is 0 Å². The van der Waals surface area contributed by atoms with Crippen molar-refractivity contribution >= 4 is 15.7 Å². The molecular weight excluding hydrogens is 303 g/mol. The molecule has 0 atom stereocenters. The fourth-order valence-corrected chi connectivity index (χ4v) is 2.54. The molecule has 4 N–H and O–H groups in total. The van der Waals surface area contributed by atoms with Crippen LogP contribution in [0.25, 0.3) is 0 Å². The summed E-state index contributed by atoms with van der Waals surface area (Å²) in [5.41, 5.74) is 5.44. The molecule has 0 aliphatic rings. The zero-order valence-electron chi connectivity index (χ0n) is 11.4. The number of benzene rings is 1. The Bertz CT molecular complexity index is 518. The molecule has 1 aromatic carbocycles. The number of sulfonamides is 1. The molecule has 0 amide bonds. The van der Waals surface area contributed by atoms with Gasteiger partial charge in [-0.25, -0.2) is 17.5 Å². The summed E-state index contributed by atoms with van der Waals surface area (Å²) >= 11 is 0. The van der Waals surface area contributed by atoms with Gasteiger partial charge >= 0.3 is 0 Å². The second kappa shape index (κ2) is 8.90. The third kappa shape index (κ3) is 6.82. The predicted octanol–water partition coefficient (Wildman–Crippen LogP) is -0.288. The highest BCUT2D eigenvalue weighted by Gasteiger charge is 2.15. The average Bonchev–Trinajstić information content (AvgIpc) is 2.40. The van der Waals surface area contributed by atoms with E-state index in [4.69, 9.17) is 20.3 Å². The number of halogens is 1. The Kier molecular flexibility index (Phi) is 7.54. The molecule has 0 aliphatic heterocycles. The largest absolute Gasteiger partial charge is 0.399 e. The zero-order chi connectivity index (χ0) is 15.7. The first-order valence-electron chi connectivity index (χ1n) is 6.28. The van der Waals surface area contributed by atoms with Crippen LogP contribution in [-0.4, -0.2) is 53.1 Å². The Labute approximate surface area is 122 Å². The lowest BCUT2D eigenvalue weighted by Gasteiger charge is -2.08. The van der Waals surface area contributed by atoms with Crippen LogP contribution in [0, 0.1) is 5.82 Å². The monoisotopic (exact) mass is 322 g/mol. The van der Waals surface area contributed by atoms with Crippen molar-refractivity contribution in [1.82, 2.24) is 4.72 Å². The summed E-state index contributed by atoms with van der Waals surface area (Å²) in [5.74, 6) is -0.715. The van der Waals surface area contributed by atoms with Crippen molar-refractivity contribution in [1.29, 1.82) is 0 Å². The van der Waals surface area contributed by atoms with Gasteiger partial charge in [0.15, 0.2) is 0 Å². The van der Waals surface area contributed by atoms with Crippen molar-refractivity contribution in [3.63, 3.8) is 0 Å². The number of nitrogen functional groups attached to an aromatic ring is 1. The number of hydrogen-bond acceptors (Lipinski definition) is 6. The summed E-state index contributed by atoms with van der Waals surface area (Å²) in [6.45, 7) is 0.960. The van der Waals surface area contributed by atoms with E-state index in [9.17, 15) is 12.8 Å². The number of aliphatic hydroxyl groups is 1. The number of nitrogens with two attached hydrogens (primary N) is 1. The van der Waals surface area contributed by atoms with E-state index in [1.165, 1.54) is 6.07 Å². The topological polar surface area (TPSA) is 111 Å². The van der Waals surface area contributed by atoms with E-state index >= 15 is 0 Å². The Morgan fingerprint density at radius 3 is 2.43 bits per heavy atom. The molecule has 0 radical (unpaired) electrons. The molecule has 120 valence electrons. The molecule has 0 unspecified atom stereocenters. The lowest BCUT2D eigenvalue weighted by molar-refractivity contribution is 0.0348. The third-order valence-electron chi connectivity index (χ3n) is 2.35. The van der Waals surface area contributed by atoms with Gasteiger partial charge in [-0.15, -0.1) is 0 Å². The van der Waals surface area contributed by atoms with Crippen LogP contribution in [0.2, 0.25) is 0 Å². The molecule has 1 rings (SSSR count). The minimum Gasteiger partial charge on any atom is -0.399 e. The maximum Gasteiger partial charge on any atom is 0.240 e. The van der Waals surface area contributed by atoms with Gasteiger partial charge in [-0.05, 0) is 18.2 Å². The molecular formula is C12H19FN2O5S. The van der Waals surface area contributed by atoms with Gasteiger partial charge in [-0.1, -0.05) is 0 Å². The maximum absolute atomic E-state index is 13.1. The van der Waals surface area contributed by atoms with Crippen LogP contribution in [0.3, 0.4) is 0 Å². The van der Waals surface area contributed by atoms with Crippen molar-refractivity contribution < 1.29 is 27.4 Å². The molecule has 0 heterocycles. The normalized spacial score (nSPS) is 11.7. The maximum atomic E-state index is 13.1. The Hall–Kier alpha value is -1.26. The molecule has 0 bridgehead atoms. The van der Waals surface area contributed by atoms with E-state index in [2.05, 4.69) is 4.72 Å². The van der Waals surface area contributed by atoms with E-state index < -0.39 is 15.8 Å². The molecule has 9 heteroatoms. The standard InChI is InChI=1S/C12H19FN2O5S/c13-10-7-11(14)9-12(8-10)21(17,18)15-1-3-19-5-6-20-4-2-16/h7-9,15-16H,1-6,14H2. The Balaban J connectivity index is 2.33. The molecule has 0 spiro atoms. The van der Waals surface area contributed by atoms with E-state index in [0.717, 1.165) is 12.1 Å². The first kappa shape index (κ1) is 17.8. The molecule has 21 heavy (non-hydrogen) atoms. The number of ether oxygens (including phenoxy) is 2. The van der Waals surface area contributed by atoms with Crippen molar-refractivity contribution in [2.24, 2.45) is 0 Å². The number of rotatable bonds is 10. The van der Waals surface area contributed by atoms with Crippen molar-refractivity contribution in [2.45, 2.75) is 4.90 Å². The fraction of sp³-hybridized carbons (Fsp3) is 0.500. The van der Waals surface area contributed by atoms with Crippen LogP contribution in [-0.2, 0) is 19.5 Å². The van der Waals surface area contributed by atoms with Gasteiger partial charge in [0.2, 0.25) is 10.0 Å². The lowest BCUT2D eigenvalue weighted by Crippen LogP contribution is -2.28. The van der Waals surface area contributed by atoms with Crippen molar-refractivity contribution in [2.75, 3.05) is 45.3 Å². The highest BCUT2D eigenvalue weighted by Crippen LogP contribution is 2.15. The van der Waals surface area contributed by atoms with Gasteiger partial charge < -0.3 is 20.3 Å². The van der Waals surface area contributed by atoms with Gasteiger partial charge in [0, 0.05) is 12.2 Å². The van der Waals surface area contributed by atoms with Gasteiger partial charge in [-0.2, -0.15) is 0 Å². The van der Waals surface area contributed by atoms with Crippen LogP contribution in [0.4, 0.5) is 10.1 Å². The van der Waals surface area contributed by atoms with Crippen LogP contribution in [0.15, 0.2) is 23.1 Å². The number of anilines is 1. The highest BCUT2D eigenvalue weighted by atomic mass is 32.2. The Morgan fingerprint density at radius 2 is 1.81 bits per heavy atom. The van der Waals surface area contributed by atoms with Crippen LogP contribution < -0.4 is 10.5 Å². The summed E-state index contributed by atoms with van der Waals surface area (Å²) in [4.78, 5) is -0.230. The molecule has 7 nitrogen and oxygen atoms in total. The summed E-state index contributed by atoms with van der Waals surface area (Å²) < 4.78 is 49.2. The molecule has 0 aliphatic carbocycles. The quantitative estimate of drug-likeness (QED) is 0.403. The third-order valence-corrected chi connectivity index (χ3v) is 3.79. The number of nitrogens with one attached hydrogen (secondary N) is 1. The van der Waals surface area contributed by atoms with E-state index in [0.29, 0.717) is 6.61 Å². The average molecular weight is 322 g/mol. The summed E-state index contributed by atoms with van der Waals surface area (Å²) in [5, 5.41) is 8.47. The second-order valence-electron chi connectivity index (χ2n) is 4.07. The summed E-state index contributed by atoms with van der Waals surface area (Å²) in [6, 6.07) is 3.10. The highest BCUT2D eigenvalue weighted by molar-refractivity contribution is 7.89. The van der Waals surface area contributed by atoms with Gasteiger partial charge in [0.05, 0.1) is 37.9 Å². The van der Waals surface area contributed by atoms with Crippen molar-refractivity contribution in [3.05, 3.63) is 24.0 Å². The fourth-order valence-electron chi connectivity index (χ4n) is 1.46. The minimum absolute atomic E-state index is 0.0349. The summed E-state index contributed by atoms with van der Waals surface area (Å²) in [6.07, 6.45) is 0. The van der Waals surface area contributed by atoms with E-state index in [1.54, 1.807) is 0 Å². The SMILES string of the molecule is Nc1cc(F)cc(S(=O)(=O)NCCOCCOCCO)c1. The lowest BCUT2D eigenvalue weighted by atomic mass is 10.3. The molecule has 1 aromatic rings. The first-order chi connectivity index (χ1) is 9.95.